The van der Waals surface area contributed by atoms with Crippen LogP contribution in [0.1, 0.15) is 76.0 Å². The van der Waals surface area contributed by atoms with Crippen molar-refractivity contribution in [3.8, 4) is 5.75 Å². The number of hydrogen-bond donors (Lipinski definition) is 1. The fraction of sp³-hybridized carbons (Fsp3) is 0.455. The molecule has 4 nitrogen and oxygen atoms in total. The van der Waals surface area contributed by atoms with Crippen molar-refractivity contribution in [1.29, 1.82) is 0 Å². The Hall–Kier alpha value is -2.01. The van der Waals surface area contributed by atoms with E-state index in [1.54, 1.807) is 31.4 Å². The molecule has 0 bridgehead atoms. The summed E-state index contributed by atoms with van der Waals surface area (Å²) in [5, 5.41) is 0. The van der Waals surface area contributed by atoms with E-state index in [9.17, 15) is 8.42 Å². The van der Waals surface area contributed by atoms with Crippen LogP contribution in [-0.4, -0.2) is 15.5 Å². The van der Waals surface area contributed by atoms with Crippen molar-refractivity contribution in [3.05, 3.63) is 53.1 Å². The molecule has 2 rings (SSSR count). The minimum absolute atomic E-state index is 0.0954. The quantitative estimate of drug-likeness (QED) is 0.644. The van der Waals surface area contributed by atoms with Crippen molar-refractivity contribution >= 4 is 15.7 Å². The highest BCUT2D eigenvalue weighted by atomic mass is 32.2. The Morgan fingerprint density at radius 2 is 1.41 bits per heavy atom. The summed E-state index contributed by atoms with van der Waals surface area (Å²) in [7, 11) is -2.18. The average Bonchev–Trinajstić information content (AvgIpc) is 2.60. The van der Waals surface area contributed by atoms with Gasteiger partial charge in [-0.3, -0.25) is 4.72 Å². The molecular formula is C22H31NO3S. The van der Waals surface area contributed by atoms with Crippen molar-refractivity contribution < 1.29 is 13.2 Å². The molecule has 0 fully saturated rings. The Morgan fingerprint density at radius 1 is 0.852 bits per heavy atom. The summed E-state index contributed by atoms with van der Waals surface area (Å²) in [4.78, 5) is 0.403. The van der Waals surface area contributed by atoms with Gasteiger partial charge in [-0.1, -0.05) is 59.7 Å². The van der Waals surface area contributed by atoms with Crippen molar-refractivity contribution in [2.24, 2.45) is 0 Å². The number of benzene rings is 2. The monoisotopic (exact) mass is 389 g/mol. The summed E-state index contributed by atoms with van der Waals surface area (Å²) < 4.78 is 34.7. The van der Waals surface area contributed by atoms with E-state index in [2.05, 4.69) is 18.6 Å². The Kier molecular flexibility index (Phi) is 6.58. The van der Waals surface area contributed by atoms with Crippen LogP contribution in [0.15, 0.2) is 41.3 Å². The van der Waals surface area contributed by atoms with Gasteiger partial charge in [0.05, 0.1) is 17.7 Å². The van der Waals surface area contributed by atoms with E-state index in [0.29, 0.717) is 22.3 Å². The number of nitrogens with one attached hydrogen (secondary N) is 1. The van der Waals surface area contributed by atoms with E-state index in [1.165, 1.54) is 5.56 Å². The van der Waals surface area contributed by atoms with Gasteiger partial charge in [0, 0.05) is 6.07 Å². The number of sulfonamides is 1. The molecule has 0 aliphatic carbocycles. The third-order valence-corrected chi connectivity index (χ3v) is 6.18. The third-order valence-electron chi connectivity index (χ3n) is 4.67. The van der Waals surface area contributed by atoms with Crippen molar-refractivity contribution in [1.82, 2.24) is 0 Å². The molecule has 0 aliphatic rings. The predicted molar refractivity (Wildman–Crippen MR) is 113 cm³/mol. The lowest BCUT2D eigenvalue weighted by molar-refractivity contribution is 0.415. The van der Waals surface area contributed by atoms with E-state index >= 15 is 0 Å². The highest BCUT2D eigenvalue weighted by molar-refractivity contribution is 7.92. The first-order valence-corrected chi connectivity index (χ1v) is 10.9. The maximum absolute atomic E-state index is 13.4. The molecule has 2 aromatic rings. The van der Waals surface area contributed by atoms with E-state index in [0.717, 1.165) is 11.1 Å². The van der Waals surface area contributed by atoms with Crippen molar-refractivity contribution in [3.63, 3.8) is 0 Å². The molecule has 0 aliphatic heterocycles. The van der Waals surface area contributed by atoms with Crippen LogP contribution in [0.3, 0.4) is 0 Å². The van der Waals surface area contributed by atoms with E-state index < -0.39 is 10.0 Å². The van der Waals surface area contributed by atoms with Gasteiger partial charge >= 0.3 is 0 Å². The number of hydrogen-bond acceptors (Lipinski definition) is 3. The normalized spacial score (nSPS) is 12.1. The summed E-state index contributed by atoms with van der Waals surface area (Å²) in [6.07, 6.45) is 0. The molecule has 0 aromatic heterocycles. The first-order chi connectivity index (χ1) is 12.6. The SMILES string of the molecule is COc1cccc(NS(=O)(=O)c2c(C(C)C)cc(C(C)C)cc2C(C)C)c1. The molecule has 0 atom stereocenters. The molecule has 0 saturated carbocycles. The molecule has 0 spiro atoms. The van der Waals surface area contributed by atoms with Crippen LogP contribution in [-0.2, 0) is 10.0 Å². The van der Waals surface area contributed by atoms with Crippen LogP contribution in [0.2, 0.25) is 0 Å². The van der Waals surface area contributed by atoms with Crippen LogP contribution < -0.4 is 9.46 Å². The molecular weight excluding hydrogens is 358 g/mol. The standard InChI is InChI=1S/C22H31NO3S/c1-14(2)17-11-20(15(3)4)22(21(12-17)16(5)6)27(24,25)23-18-9-8-10-19(13-18)26-7/h8-16,23H,1-7H3. The summed E-state index contributed by atoms with van der Waals surface area (Å²) in [5.74, 6) is 1.14. The van der Waals surface area contributed by atoms with Gasteiger partial charge in [0.25, 0.3) is 10.0 Å². The van der Waals surface area contributed by atoms with Crippen LogP contribution in [0, 0.1) is 0 Å². The predicted octanol–water partition coefficient (Wildman–Crippen LogP) is 5.87. The third kappa shape index (κ3) is 4.83. The topological polar surface area (TPSA) is 55.4 Å². The van der Waals surface area contributed by atoms with Gasteiger partial charge in [0.15, 0.2) is 0 Å². The van der Waals surface area contributed by atoms with E-state index in [4.69, 9.17) is 4.74 Å². The highest BCUT2D eigenvalue weighted by Crippen LogP contribution is 2.36. The average molecular weight is 390 g/mol. The first kappa shape index (κ1) is 21.3. The molecule has 0 amide bonds. The second-order valence-corrected chi connectivity index (χ2v) is 9.45. The summed E-state index contributed by atoms with van der Waals surface area (Å²) in [6.45, 7) is 12.4. The number of anilines is 1. The van der Waals surface area contributed by atoms with E-state index in [1.807, 2.05) is 39.8 Å². The van der Waals surface area contributed by atoms with Crippen LogP contribution in [0.5, 0.6) is 5.75 Å². The fourth-order valence-corrected chi connectivity index (χ4v) is 4.84. The summed E-state index contributed by atoms with van der Waals surface area (Å²) in [6, 6.07) is 11.1. The van der Waals surface area contributed by atoms with E-state index in [-0.39, 0.29) is 11.8 Å². The largest absolute Gasteiger partial charge is 0.497 e. The van der Waals surface area contributed by atoms with Crippen LogP contribution in [0.4, 0.5) is 5.69 Å². The van der Waals surface area contributed by atoms with Gasteiger partial charge in [0.1, 0.15) is 5.75 Å². The fourth-order valence-electron chi connectivity index (χ4n) is 3.09. The second kappa shape index (κ2) is 8.34. The molecule has 5 heteroatoms. The zero-order valence-corrected chi connectivity index (χ0v) is 18.1. The molecule has 0 radical (unpaired) electrons. The molecule has 148 valence electrons. The first-order valence-electron chi connectivity index (χ1n) is 9.41. The number of ether oxygens (including phenoxy) is 1. The van der Waals surface area contributed by atoms with Gasteiger partial charge in [0.2, 0.25) is 0 Å². The molecule has 0 heterocycles. The summed E-state index contributed by atoms with van der Waals surface area (Å²) >= 11 is 0. The minimum atomic E-state index is -3.74. The summed E-state index contributed by atoms with van der Waals surface area (Å²) in [5.41, 5.74) is 3.38. The van der Waals surface area contributed by atoms with Gasteiger partial charge in [-0.2, -0.15) is 0 Å². The highest BCUT2D eigenvalue weighted by Gasteiger charge is 2.27. The molecule has 2 aromatic carbocycles. The second-order valence-electron chi connectivity index (χ2n) is 7.83. The minimum Gasteiger partial charge on any atom is -0.497 e. The Morgan fingerprint density at radius 3 is 1.85 bits per heavy atom. The smallest absolute Gasteiger partial charge is 0.262 e. The lowest BCUT2D eigenvalue weighted by atomic mass is 9.89. The van der Waals surface area contributed by atoms with Crippen LogP contribution in [0.25, 0.3) is 0 Å². The maximum atomic E-state index is 13.4. The Balaban J connectivity index is 2.66. The van der Waals surface area contributed by atoms with Gasteiger partial charge < -0.3 is 4.74 Å². The van der Waals surface area contributed by atoms with Crippen LogP contribution >= 0.6 is 0 Å². The lowest BCUT2D eigenvalue weighted by Gasteiger charge is -2.23. The van der Waals surface area contributed by atoms with Crippen molar-refractivity contribution in [2.45, 2.75) is 64.2 Å². The number of methoxy groups -OCH3 is 1. The van der Waals surface area contributed by atoms with Gasteiger partial charge in [-0.05, 0) is 46.6 Å². The number of rotatable bonds is 7. The Labute approximate surface area is 164 Å². The Bertz CT molecular complexity index is 871. The van der Waals surface area contributed by atoms with Gasteiger partial charge in [-0.25, -0.2) is 8.42 Å². The zero-order chi connectivity index (χ0) is 20.4. The van der Waals surface area contributed by atoms with Crippen molar-refractivity contribution in [2.75, 3.05) is 11.8 Å². The maximum Gasteiger partial charge on any atom is 0.262 e. The molecule has 1 N–H and O–H groups in total. The lowest BCUT2D eigenvalue weighted by Crippen LogP contribution is -2.19. The molecule has 0 saturated heterocycles. The molecule has 27 heavy (non-hydrogen) atoms. The molecule has 0 unspecified atom stereocenters. The van der Waals surface area contributed by atoms with Gasteiger partial charge in [-0.15, -0.1) is 0 Å². The zero-order valence-electron chi connectivity index (χ0n) is 17.3.